The van der Waals surface area contributed by atoms with Crippen LogP contribution in [-0.2, 0) is 4.79 Å². The predicted molar refractivity (Wildman–Crippen MR) is 118 cm³/mol. The molecule has 1 N–H and O–H groups in total. The maximum absolute atomic E-state index is 12.1. The van der Waals surface area contributed by atoms with Gasteiger partial charge in [0.15, 0.2) is 0 Å². The summed E-state index contributed by atoms with van der Waals surface area (Å²) in [5, 5.41) is 4.00. The van der Waals surface area contributed by atoms with Crippen LogP contribution in [0, 0.1) is 0 Å². The van der Waals surface area contributed by atoms with Gasteiger partial charge in [0.05, 0.1) is 18.3 Å². The molecule has 0 atom stereocenters. The summed E-state index contributed by atoms with van der Waals surface area (Å²) >= 11 is 5.43. The zero-order valence-electron chi connectivity index (χ0n) is 15.5. The Morgan fingerprint density at radius 3 is 2.67 bits per heavy atom. The number of fused-ring (bicyclic) bond motifs is 1. The van der Waals surface area contributed by atoms with Gasteiger partial charge in [0, 0.05) is 28.7 Å². The van der Waals surface area contributed by atoms with Crippen LogP contribution >= 0.6 is 24.4 Å². The van der Waals surface area contributed by atoms with Gasteiger partial charge in [-0.25, -0.2) is 0 Å². The van der Waals surface area contributed by atoms with Crippen molar-refractivity contribution >= 4 is 46.9 Å². The number of amides is 1. The quantitative estimate of drug-likeness (QED) is 0.435. The summed E-state index contributed by atoms with van der Waals surface area (Å²) in [6.07, 6.45) is 2.21. The zero-order chi connectivity index (χ0) is 19.5. The Labute approximate surface area is 170 Å². The number of para-hydroxylation sites is 3. The molecule has 6 heteroatoms. The van der Waals surface area contributed by atoms with Gasteiger partial charge in [0.2, 0.25) is 5.91 Å². The van der Waals surface area contributed by atoms with Crippen LogP contribution in [0.4, 0.5) is 5.69 Å². The van der Waals surface area contributed by atoms with E-state index in [1.807, 2.05) is 61.5 Å². The minimum absolute atomic E-state index is 0.0276. The van der Waals surface area contributed by atoms with Gasteiger partial charge in [-0.15, -0.1) is 11.8 Å². The first-order valence-corrected chi connectivity index (χ1v) is 10.3. The molecule has 0 unspecified atom stereocenters. The summed E-state index contributed by atoms with van der Waals surface area (Å²) in [6.45, 7) is 1.99. The summed E-state index contributed by atoms with van der Waals surface area (Å²) in [7, 11) is 1.59. The molecular formula is C21H24N2O2S2. The molecule has 3 rings (SSSR count). The number of nitrogens with one attached hydrogen (secondary N) is 1. The topological polar surface area (TPSA) is 51.2 Å². The minimum atomic E-state index is -0.0276. The second-order valence-corrected chi connectivity index (χ2v) is 7.26. The van der Waals surface area contributed by atoms with Crippen LogP contribution in [0.25, 0.3) is 10.9 Å². The van der Waals surface area contributed by atoms with Gasteiger partial charge in [-0.05, 0) is 30.0 Å². The predicted octanol–water partition coefficient (Wildman–Crippen LogP) is 5.30. The highest BCUT2D eigenvalue weighted by Crippen LogP contribution is 2.27. The molecule has 0 fully saturated rings. The van der Waals surface area contributed by atoms with E-state index < -0.39 is 0 Å². The fraction of sp³-hybridized carbons (Fsp3) is 0.238. The van der Waals surface area contributed by atoms with Crippen LogP contribution in [0.15, 0.2) is 65.7 Å². The maximum Gasteiger partial charge on any atom is 0.225 e. The van der Waals surface area contributed by atoms with Crippen molar-refractivity contribution in [2.45, 2.75) is 18.2 Å². The molecule has 1 amide bonds. The van der Waals surface area contributed by atoms with E-state index in [2.05, 4.69) is 22.9 Å². The summed E-state index contributed by atoms with van der Waals surface area (Å²) in [5.41, 5.74) is 1.68. The molecule has 0 saturated carbocycles. The maximum atomic E-state index is 12.1. The zero-order valence-corrected chi connectivity index (χ0v) is 17.2. The van der Waals surface area contributed by atoms with Crippen LogP contribution in [0.2, 0.25) is 0 Å². The normalized spacial score (nSPS) is 10.0. The van der Waals surface area contributed by atoms with Crippen molar-refractivity contribution < 1.29 is 9.53 Å². The molecule has 27 heavy (non-hydrogen) atoms. The van der Waals surface area contributed by atoms with Crippen LogP contribution < -0.4 is 10.1 Å². The van der Waals surface area contributed by atoms with Gasteiger partial charge < -0.3 is 10.1 Å². The van der Waals surface area contributed by atoms with E-state index in [1.165, 1.54) is 0 Å². The molecule has 0 aliphatic carbocycles. The number of methoxy groups -OCH3 is 1. The smallest absolute Gasteiger partial charge is 0.225 e. The van der Waals surface area contributed by atoms with Crippen LogP contribution in [-0.4, -0.2) is 29.5 Å². The number of thiol groups is 1. The molecule has 1 aromatic heterocycles. The molecule has 3 aromatic rings. The summed E-state index contributed by atoms with van der Waals surface area (Å²) in [5.74, 6) is 2.27. The average molecular weight is 401 g/mol. The third-order valence-corrected chi connectivity index (χ3v) is 4.61. The number of carbonyl (C=O) groups is 1. The van der Waals surface area contributed by atoms with Gasteiger partial charge >= 0.3 is 0 Å². The fourth-order valence-electron chi connectivity index (χ4n) is 2.41. The lowest BCUT2D eigenvalue weighted by atomic mass is 10.2. The Balaban J connectivity index is 0.000000817. The Morgan fingerprint density at radius 2 is 1.89 bits per heavy atom. The van der Waals surface area contributed by atoms with Gasteiger partial charge in [-0.2, -0.15) is 12.6 Å². The number of thioether (sulfide) groups is 1. The van der Waals surface area contributed by atoms with Crippen molar-refractivity contribution in [1.82, 2.24) is 4.98 Å². The Morgan fingerprint density at radius 1 is 1.15 bits per heavy atom. The first kappa shape index (κ1) is 21.1. The first-order chi connectivity index (χ1) is 13.2. The molecule has 0 radical (unpaired) electrons. The number of hydrogen-bond acceptors (Lipinski definition) is 5. The Bertz CT molecular complexity index is 866. The Kier molecular flexibility index (Phi) is 9.01. The fourth-order valence-corrected chi connectivity index (χ4v) is 3.40. The van der Waals surface area contributed by atoms with Gasteiger partial charge in [0.25, 0.3) is 0 Å². The number of carbonyl (C=O) groups excluding carboxylic acids is 1. The lowest BCUT2D eigenvalue weighted by molar-refractivity contribution is -0.115. The SMILES string of the molecule is CCS.COc1ccccc1NC(=O)CCSc1cccc2cccnc12. The number of anilines is 1. The third kappa shape index (κ3) is 6.48. The molecule has 0 aliphatic rings. The molecule has 1 heterocycles. The van der Waals surface area contributed by atoms with E-state index in [4.69, 9.17) is 4.74 Å². The molecule has 0 bridgehead atoms. The van der Waals surface area contributed by atoms with E-state index in [-0.39, 0.29) is 5.91 Å². The first-order valence-electron chi connectivity index (χ1n) is 8.69. The van der Waals surface area contributed by atoms with Gasteiger partial charge in [-0.3, -0.25) is 9.78 Å². The minimum Gasteiger partial charge on any atom is -0.495 e. The second-order valence-electron chi connectivity index (χ2n) is 5.49. The second kappa shape index (κ2) is 11.5. The van der Waals surface area contributed by atoms with Crippen molar-refractivity contribution in [2.24, 2.45) is 0 Å². The highest BCUT2D eigenvalue weighted by molar-refractivity contribution is 7.99. The number of nitrogens with zero attached hydrogens (tertiary/aromatic N) is 1. The monoisotopic (exact) mass is 400 g/mol. The van der Waals surface area contributed by atoms with E-state index >= 15 is 0 Å². The van der Waals surface area contributed by atoms with Crippen molar-refractivity contribution in [3.8, 4) is 5.75 Å². The van der Waals surface area contributed by atoms with Crippen molar-refractivity contribution in [2.75, 3.05) is 23.9 Å². The molecule has 0 spiro atoms. The summed E-state index contributed by atoms with van der Waals surface area (Å²) < 4.78 is 5.24. The standard InChI is InChI=1S/C19H18N2O2S.C2H6S/c1-23-16-9-3-2-8-15(16)21-18(22)11-13-24-17-10-4-6-14-7-5-12-20-19(14)17;1-2-3/h2-10,12H,11,13H2,1H3,(H,21,22);3H,2H2,1H3. The molecule has 4 nitrogen and oxygen atoms in total. The van der Waals surface area contributed by atoms with Gasteiger partial charge in [-0.1, -0.05) is 37.3 Å². The van der Waals surface area contributed by atoms with E-state index in [9.17, 15) is 4.79 Å². The number of hydrogen-bond donors (Lipinski definition) is 2. The van der Waals surface area contributed by atoms with Gasteiger partial charge in [0.1, 0.15) is 5.75 Å². The highest BCUT2D eigenvalue weighted by Gasteiger charge is 2.08. The number of ether oxygens (including phenoxy) is 1. The Hall–Kier alpha value is -2.18. The van der Waals surface area contributed by atoms with Crippen LogP contribution in [0.1, 0.15) is 13.3 Å². The molecule has 142 valence electrons. The van der Waals surface area contributed by atoms with Crippen molar-refractivity contribution in [1.29, 1.82) is 0 Å². The molecule has 2 aromatic carbocycles. The number of rotatable bonds is 6. The third-order valence-electron chi connectivity index (χ3n) is 3.56. The number of pyridine rings is 1. The van der Waals surface area contributed by atoms with E-state index in [0.29, 0.717) is 23.6 Å². The number of aromatic nitrogens is 1. The molecule has 0 aliphatic heterocycles. The van der Waals surface area contributed by atoms with Crippen molar-refractivity contribution in [3.63, 3.8) is 0 Å². The largest absolute Gasteiger partial charge is 0.495 e. The lowest BCUT2D eigenvalue weighted by Gasteiger charge is -2.10. The lowest BCUT2D eigenvalue weighted by Crippen LogP contribution is -2.12. The summed E-state index contributed by atoms with van der Waals surface area (Å²) in [6, 6.07) is 17.5. The van der Waals surface area contributed by atoms with Crippen LogP contribution in [0.5, 0.6) is 5.75 Å². The average Bonchev–Trinajstić information content (AvgIpc) is 2.69. The van der Waals surface area contributed by atoms with Crippen LogP contribution in [0.3, 0.4) is 0 Å². The highest BCUT2D eigenvalue weighted by atomic mass is 32.2. The van der Waals surface area contributed by atoms with E-state index in [0.717, 1.165) is 21.6 Å². The summed E-state index contributed by atoms with van der Waals surface area (Å²) in [4.78, 5) is 17.7. The van der Waals surface area contributed by atoms with E-state index in [1.54, 1.807) is 25.1 Å². The molecule has 0 saturated heterocycles. The molecular weight excluding hydrogens is 376 g/mol. The number of benzene rings is 2. The van der Waals surface area contributed by atoms with Crippen molar-refractivity contribution in [3.05, 3.63) is 60.8 Å².